The summed E-state index contributed by atoms with van der Waals surface area (Å²) in [5, 5.41) is 10.3. The number of nitrogens with zero attached hydrogens (tertiary/aromatic N) is 1. The topological polar surface area (TPSA) is 23.5 Å². The maximum atomic E-state index is 10.3. The van der Waals surface area contributed by atoms with Crippen molar-refractivity contribution >= 4 is 0 Å². The van der Waals surface area contributed by atoms with Crippen LogP contribution >= 0.6 is 0 Å². The molecule has 1 N–H and O–H groups in total. The fraction of sp³-hybridized carbons (Fsp3) is 0.833. The van der Waals surface area contributed by atoms with Gasteiger partial charge >= 0.3 is 0 Å². The molecule has 0 radical (unpaired) electrons. The van der Waals surface area contributed by atoms with Crippen molar-refractivity contribution in [1.82, 2.24) is 4.90 Å². The molecule has 1 saturated heterocycles. The minimum Gasteiger partial charge on any atom is -0.390 e. The Labute approximate surface area is 87.3 Å². The summed E-state index contributed by atoms with van der Waals surface area (Å²) in [5.74, 6) is 2.62. The fourth-order valence-corrected chi connectivity index (χ4v) is 2.16. The molecule has 1 aliphatic heterocycles. The summed E-state index contributed by atoms with van der Waals surface area (Å²) >= 11 is 0. The molecule has 0 aromatic heterocycles. The Morgan fingerprint density at radius 2 is 2.36 bits per heavy atom. The highest BCUT2D eigenvalue weighted by atomic mass is 16.3. The van der Waals surface area contributed by atoms with Crippen LogP contribution in [0.5, 0.6) is 0 Å². The summed E-state index contributed by atoms with van der Waals surface area (Å²) < 4.78 is 0. The van der Waals surface area contributed by atoms with Crippen molar-refractivity contribution in [2.24, 2.45) is 0 Å². The number of terminal acetylenes is 1. The van der Waals surface area contributed by atoms with Gasteiger partial charge in [0.05, 0.1) is 5.60 Å². The number of hydrogen-bond donors (Lipinski definition) is 1. The second-order valence-corrected chi connectivity index (χ2v) is 4.57. The zero-order valence-corrected chi connectivity index (χ0v) is 9.29. The largest absolute Gasteiger partial charge is 0.390 e. The number of unbranched alkanes of at least 4 members (excludes halogenated alkanes) is 1. The minimum absolute atomic E-state index is 0.456. The fourth-order valence-electron chi connectivity index (χ4n) is 2.16. The van der Waals surface area contributed by atoms with Gasteiger partial charge < -0.3 is 10.0 Å². The van der Waals surface area contributed by atoms with Gasteiger partial charge in [0.15, 0.2) is 0 Å². The third-order valence-corrected chi connectivity index (χ3v) is 3.32. The molecular formula is C12H21NO. The summed E-state index contributed by atoms with van der Waals surface area (Å²) in [4.78, 5) is 2.30. The lowest BCUT2D eigenvalue weighted by atomic mass is 9.83. The summed E-state index contributed by atoms with van der Waals surface area (Å²) in [6.07, 6.45) is 9.56. The van der Waals surface area contributed by atoms with Gasteiger partial charge in [-0.15, -0.1) is 12.3 Å². The maximum absolute atomic E-state index is 10.3. The van der Waals surface area contributed by atoms with Gasteiger partial charge in [-0.1, -0.05) is 0 Å². The van der Waals surface area contributed by atoms with E-state index in [1.807, 2.05) is 0 Å². The molecule has 2 heteroatoms. The Bertz CT molecular complexity index is 221. The molecule has 1 heterocycles. The average Bonchev–Trinajstić information content (AvgIpc) is 2.13. The van der Waals surface area contributed by atoms with Crippen molar-refractivity contribution in [3.8, 4) is 12.3 Å². The molecule has 0 bridgehead atoms. The molecule has 0 aromatic rings. The van der Waals surface area contributed by atoms with Gasteiger partial charge in [0, 0.05) is 19.0 Å². The van der Waals surface area contributed by atoms with Crippen LogP contribution in [0.15, 0.2) is 0 Å². The molecule has 1 aliphatic rings. The highest BCUT2D eigenvalue weighted by Crippen LogP contribution is 2.30. The minimum atomic E-state index is -0.456. The Balaban J connectivity index is 2.38. The van der Waals surface area contributed by atoms with E-state index in [-0.39, 0.29) is 0 Å². The molecule has 1 rings (SSSR count). The molecule has 0 aromatic carbocycles. The summed E-state index contributed by atoms with van der Waals surface area (Å²) in [6, 6.07) is 0.486. The van der Waals surface area contributed by atoms with Crippen molar-refractivity contribution in [2.45, 2.75) is 50.7 Å². The molecule has 2 nitrogen and oxygen atoms in total. The molecule has 2 atom stereocenters. The lowest BCUT2D eigenvalue weighted by Crippen LogP contribution is -2.47. The van der Waals surface area contributed by atoms with Crippen LogP contribution in [0, 0.1) is 12.3 Å². The standard InChI is InChI=1S/C12H21NO/c1-4-5-6-7-12(14)8-9-13(3)11(2)10-12/h1,11,14H,5-10H2,2-3H3. The molecule has 1 fully saturated rings. The van der Waals surface area contributed by atoms with Crippen LogP contribution < -0.4 is 0 Å². The van der Waals surface area contributed by atoms with E-state index < -0.39 is 5.60 Å². The van der Waals surface area contributed by atoms with Gasteiger partial charge in [0.1, 0.15) is 0 Å². The van der Waals surface area contributed by atoms with E-state index in [0.29, 0.717) is 6.04 Å². The van der Waals surface area contributed by atoms with Crippen molar-refractivity contribution in [2.75, 3.05) is 13.6 Å². The van der Waals surface area contributed by atoms with Crippen molar-refractivity contribution in [3.05, 3.63) is 0 Å². The number of piperidine rings is 1. The highest BCUT2D eigenvalue weighted by Gasteiger charge is 2.34. The first kappa shape index (κ1) is 11.6. The quantitative estimate of drug-likeness (QED) is 0.546. The van der Waals surface area contributed by atoms with E-state index in [2.05, 4.69) is 24.8 Å². The molecule has 0 saturated carbocycles. The van der Waals surface area contributed by atoms with E-state index in [1.165, 1.54) is 0 Å². The van der Waals surface area contributed by atoms with Gasteiger partial charge in [-0.3, -0.25) is 0 Å². The monoisotopic (exact) mass is 195 g/mol. The number of rotatable bonds is 3. The lowest BCUT2D eigenvalue weighted by molar-refractivity contribution is -0.0428. The summed E-state index contributed by atoms with van der Waals surface area (Å²) in [7, 11) is 2.12. The van der Waals surface area contributed by atoms with Crippen LogP contribution in [0.2, 0.25) is 0 Å². The van der Waals surface area contributed by atoms with Crippen LogP contribution in [-0.2, 0) is 0 Å². The summed E-state index contributed by atoms with van der Waals surface area (Å²) in [6.45, 7) is 3.17. The first-order valence-electron chi connectivity index (χ1n) is 5.43. The Morgan fingerprint density at radius 1 is 1.64 bits per heavy atom. The first-order valence-corrected chi connectivity index (χ1v) is 5.43. The Hall–Kier alpha value is -0.520. The second-order valence-electron chi connectivity index (χ2n) is 4.57. The van der Waals surface area contributed by atoms with Gasteiger partial charge in [-0.25, -0.2) is 0 Å². The van der Waals surface area contributed by atoms with Gasteiger partial charge in [-0.2, -0.15) is 0 Å². The van der Waals surface area contributed by atoms with Crippen LogP contribution in [0.4, 0.5) is 0 Å². The lowest BCUT2D eigenvalue weighted by Gasteiger charge is -2.41. The molecular weight excluding hydrogens is 174 g/mol. The van der Waals surface area contributed by atoms with E-state index in [9.17, 15) is 5.11 Å². The van der Waals surface area contributed by atoms with Crippen LogP contribution in [0.25, 0.3) is 0 Å². The van der Waals surface area contributed by atoms with Crippen LogP contribution in [-0.4, -0.2) is 35.2 Å². The highest BCUT2D eigenvalue weighted by molar-refractivity contribution is 4.91. The van der Waals surface area contributed by atoms with Crippen molar-refractivity contribution in [1.29, 1.82) is 0 Å². The second kappa shape index (κ2) is 4.82. The van der Waals surface area contributed by atoms with Crippen molar-refractivity contribution < 1.29 is 5.11 Å². The SMILES string of the molecule is C#CCCCC1(O)CCN(C)C(C)C1. The molecule has 0 aliphatic carbocycles. The number of likely N-dealkylation sites (tertiary alicyclic amines) is 1. The van der Waals surface area contributed by atoms with Crippen LogP contribution in [0.1, 0.15) is 39.0 Å². The van der Waals surface area contributed by atoms with Crippen molar-refractivity contribution in [3.63, 3.8) is 0 Å². The molecule has 0 spiro atoms. The molecule has 14 heavy (non-hydrogen) atoms. The smallest absolute Gasteiger partial charge is 0.0675 e. The first-order chi connectivity index (χ1) is 6.57. The predicted octanol–water partition coefficient (Wildman–Crippen LogP) is 1.64. The van der Waals surface area contributed by atoms with Gasteiger partial charge in [0.2, 0.25) is 0 Å². The maximum Gasteiger partial charge on any atom is 0.0675 e. The van der Waals surface area contributed by atoms with E-state index >= 15 is 0 Å². The van der Waals surface area contributed by atoms with E-state index in [1.54, 1.807) is 0 Å². The van der Waals surface area contributed by atoms with E-state index in [0.717, 1.165) is 38.6 Å². The molecule has 2 unspecified atom stereocenters. The van der Waals surface area contributed by atoms with E-state index in [4.69, 9.17) is 6.42 Å². The normalized spacial score (nSPS) is 34.0. The molecule has 80 valence electrons. The van der Waals surface area contributed by atoms with Crippen LogP contribution in [0.3, 0.4) is 0 Å². The average molecular weight is 195 g/mol. The Kier molecular flexibility index (Phi) is 3.97. The third kappa shape index (κ3) is 3.01. The van der Waals surface area contributed by atoms with Gasteiger partial charge in [-0.05, 0) is 39.7 Å². The number of hydrogen-bond acceptors (Lipinski definition) is 2. The third-order valence-electron chi connectivity index (χ3n) is 3.32. The van der Waals surface area contributed by atoms with Gasteiger partial charge in [0.25, 0.3) is 0 Å². The Morgan fingerprint density at radius 3 is 2.93 bits per heavy atom. The zero-order valence-electron chi connectivity index (χ0n) is 9.29. The number of aliphatic hydroxyl groups is 1. The molecule has 0 amide bonds. The summed E-state index contributed by atoms with van der Waals surface area (Å²) in [5.41, 5.74) is -0.456. The predicted molar refractivity (Wildman–Crippen MR) is 59.0 cm³/mol. The zero-order chi connectivity index (χ0) is 10.6.